The lowest BCUT2D eigenvalue weighted by molar-refractivity contribution is 0.0627. The Morgan fingerprint density at radius 3 is 2.78 bits per heavy atom. The summed E-state index contributed by atoms with van der Waals surface area (Å²) < 4.78 is 10.6. The zero-order valence-electron chi connectivity index (χ0n) is 12.6. The summed E-state index contributed by atoms with van der Waals surface area (Å²) in [6, 6.07) is 5.37. The first-order valence-electron chi connectivity index (χ1n) is 7.58. The molecule has 2 aliphatic rings. The van der Waals surface area contributed by atoms with Crippen LogP contribution in [0.1, 0.15) is 16.1 Å². The number of nitrogens with zero attached hydrogens (tertiary/aromatic N) is 3. The number of hydrogen-bond donors (Lipinski definition) is 0. The van der Waals surface area contributed by atoms with Crippen LogP contribution in [0.3, 0.4) is 0 Å². The molecule has 1 amide bonds. The molecule has 23 heavy (non-hydrogen) atoms. The Morgan fingerprint density at radius 2 is 2.00 bits per heavy atom. The van der Waals surface area contributed by atoms with Crippen LogP contribution in [0.4, 0.5) is 0 Å². The van der Waals surface area contributed by atoms with E-state index in [9.17, 15) is 4.79 Å². The van der Waals surface area contributed by atoms with Gasteiger partial charge in [0.25, 0.3) is 5.91 Å². The first-order valence-corrected chi connectivity index (χ1v) is 8.52. The third-order valence-electron chi connectivity index (χ3n) is 4.15. The number of benzene rings is 1. The lowest BCUT2D eigenvalue weighted by Crippen LogP contribution is -2.48. The Kier molecular flexibility index (Phi) is 3.88. The highest BCUT2D eigenvalue weighted by atomic mass is 32.1. The van der Waals surface area contributed by atoms with Gasteiger partial charge >= 0.3 is 0 Å². The number of ether oxygens (including phenoxy) is 2. The van der Waals surface area contributed by atoms with Crippen LogP contribution >= 0.6 is 11.3 Å². The fraction of sp³-hybridized carbons (Fsp3) is 0.375. The molecule has 2 aliphatic heterocycles. The van der Waals surface area contributed by atoms with Crippen LogP contribution < -0.4 is 9.47 Å². The molecule has 0 unspecified atom stereocenters. The number of rotatable bonds is 3. The molecule has 1 aromatic heterocycles. The minimum absolute atomic E-state index is 0.0524. The number of aromatic nitrogens is 1. The normalized spacial score (nSPS) is 17.5. The van der Waals surface area contributed by atoms with Crippen LogP contribution in [0.15, 0.2) is 29.1 Å². The zero-order chi connectivity index (χ0) is 15.6. The Morgan fingerprint density at radius 1 is 1.17 bits per heavy atom. The highest BCUT2D eigenvalue weighted by Gasteiger charge is 2.24. The summed E-state index contributed by atoms with van der Waals surface area (Å²) in [6.07, 6.45) is 0. The van der Waals surface area contributed by atoms with Crippen molar-refractivity contribution in [3.8, 4) is 11.5 Å². The van der Waals surface area contributed by atoms with Crippen LogP contribution in [0.2, 0.25) is 0 Å². The number of carbonyl (C=O) groups is 1. The molecule has 0 bridgehead atoms. The standard InChI is InChI=1S/C16H17N3O3S/c20-16(12-1-2-14-15(7-12)22-11-21-14)19-5-3-18(4-6-19)8-13-9-23-10-17-13/h1-2,7,9-10H,3-6,8,11H2. The van der Waals surface area contributed by atoms with Crippen molar-refractivity contribution in [3.63, 3.8) is 0 Å². The molecule has 7 heteroatoms. The lowest BCUT2D eigenvalue weighted by atomic mass is 10.1. The lowest BCUT2D eigenvalue weighted by Gasteiger charge is -2.34. The van der Waals surface area contributed by atoms with E-state index in [0.29, 0.717) is 17.1 Å². The predicted octanol–water partition coefficient (Wildman–Crippen LogP) is 1.83. The van der Waals surface area contributed by atoms with Gasteiger partial charge < -0.3 is 14.4 Å². The van der Waals surface area contributed by atoms with Gasteiger partial charge in [0.1, 0.15) is 0 Å². The van der Waals surface area contributed by atoms with Gasteiger partial charge in [-0.05, 0) is 18.2 Å². The maximum Gasteiger partial charge on any atom is 0.254 e. The Labute approximate surface area is 138 Å². The average molecular weight is 331 g/mol. The van der Waals surface area contributed by atoms with Crippen molar-refractivity contribution in [3.05, 3.63) is 40.3 Å². The van der Waals surface area contributed by atoms with E-state index in [4.69, 9.17) is 9.47 Å². The van der Waals surface area contributed by atoms with Gasteiger partial charge in [-0.2, -0.15) is 0 Å². The quantitative estimate of drug-likeness (QED) is 0.859. The second-order valence-corrected chi connectivity index (χ2v) is 6.33. The highest BCUT2D eigenvalue weighted by molar-refractivity contribution is 7.07. The van der Waals surface area contributed by atoms with Gasteiger partial charge in [0.15, 0.2) is 11.5 Å². The molecule has 3 heterocycles. The number of fused-ring (bicyclic) bond motifs is 1. The maximum atomic E-state index is 12.6. The SMILES string of the molecule is O=C(c1ccc2c(c1)OCO2)N1CCN(Cc2cscn2)CC1. The Bertz CT molecular complexity index is 697. The van der Waals surface area contributed by atoms with Crippen molar-refractivity contribution in [2.75, 3.05) is 33.0 Å². The molecule has 0 atom stereocenters. The van der Waals surface area contributed by atoms with Gasteiger partial charge in [-0.25, -0.2) is 4.98 Å². The van der Waals surface area contributed by atoms with E-state index in [1.54, 1.807) is 29.5 Å². The van der Waals surface area contributed by atoms with Crippen LogP contribution in [-0.4, -0.2) is 53.7 Å². The smallest absolute Gasteiger partial charge is 0.254 e. The highest BCUT2D eigenvalue weighted by Crippen LogP contribution is 2.32. The minimum Gasteiger partial charge on any atom is -0.454 e. The van der Waals surface area contributed by atoms with Crippen LogP contribution in [0.5, 0.6) is 11.5 Å². The van der Waals surface area contributed by atoms with E-state index in [2.05, 4.69) is 15.3 Å². The average Bonchev–Trinajstić information content (AvgIpc) is 3.25. The van der Waals surface area contributed by atoms with E-state index in [1.807, 2.05) is 10.4 Å². The van der Waals surface area contributed by atoms with Gasteiger partial charge in [-0.1, -0.05) is 0 Å². The fourth-order valence-electron chi connectivity index (χ4n) is 2.87. The van der Waals surface area contributed by atoms with Crippen molar-refractivity contribution in [2.45, 2.75) is 6.54 Å². The molecule has 1 saturated heterocycles. The van der Waals surface area contributed by atoms with E-state index >= 15 is 0 Å². The van der Waals surface area contributed by atoms with Crippen molar-refractivity contribution in [1.82, 2.24) is 14.8 Å². The summed E-state index contributed by atoms with van der Waals surface area (Å²) in [6.45, 7) is 4.29. The molecule has 2 aromatic rings. The van der Waals surface area contributed by atoms with E-state index in [-0.39, 0.29) is 12.7 Å². The molecule has 6 nitrogen and oxygen atoms in total. The van der Waals surface area contributed by atoms with Crippen LogP contribution in [-0.2, 0) is 6.54 Å². The maximum absolute atomic E-state index is 12.6. The van der Waals surface area contributed by atoms with E-state index < -0.39 is 0 Å². The van der Waals surface area contributed by atoms with Gasteiger partial charge in [0.05, 0.1) is 11.2 Å². The molecule has 4 rings (SSSR count). The van der Waals surface area contributed by atoms with Crippen molar-refractivity contribution < 1.29 is 14.3 Å². The number of piperazine rings is 1. The minimum atomic E-state index is 0.0524. The first-order chi connectivity index (χ1) is 11.3. The second kappa shape index (κ2) is 6.17. The molecule has 0 aliphatic carbocycles. The Balaban J connectivity index is 1.37. The van der Waals surface area contributed by atoms with Crippen LogP contribution in [0.25, 0.3) is 0 Å². The van der Waals surface area contributed by atoms with E-state index in [0.717, 1.165) is 38.4 Å². The third-order valence-corrected chi connectivity index (χ3v) is 4.78. The summed E-state index contributed by atoms with van der Waals surface area (Å²) in [5.41, 5.74) is 3.61. The van der Waals surface area contributed by atoms with Crippen molar-refractivity contribution >= 4 is 17.2 Å². The van der Waals surface area contributed by atoms with E-state index in [1.165, 1.54) is 0 Å². The molecule has 1 aromatic carbocycles. The zero-order valence-corrected chi connectivity index (χ0v) is 13.4. The van der Waals surface area contributed by atoms with Gasteiger partial charge in [0, 0.05) is 43.7 Å². The molecule has 0 radical (unpaired) electrons. The summed E-state index contributed by atoms with van der Waals surface area (Å²) in [5, 5.41) is 2.07. The molecule has 0 spiro atoms. The van der Waals surface area contributed by atoms with Gasteiger partial charge in [-0.3, -0.25) is 9.69 Å². The predicted molar refractivity (Wildman–Crippen MR) is 85.9 cm³/mol. The number of thiazole rings is 1. The molecule has 1 fully saturated rings. The monoisotopic (exact) mass is 331 g/mol. The molecule has 120 valence electrons. The second-order valence-electron chi connectivity index (χ2n) is 5.62. The topological polar surface area (TPSA) is 54.9 Å². The third kappa shape index (κ3) is 3.02. The molecular weight excluding hydrogens is 314 g/mol. The molecule has 0 N–H and O–H groups in total. The van der Waals surface area contributed by atoms with Crippen molar-refractivity contribution in [2.24, 2.45) is 0 Å². The number of amides is 1. The summed E-state index contributed by atoms with van der Waals surface area (Å²) in [7, 11) is 0. The summed E-state index contributed by atoms with van der Waals surface area (Å²) >= 11 is 1.62. The van der Waals surface area contributed by atoms with Crippen LogP contribution in [0, 0.1) is 0 Å². The number of carbonyl (C=O) groups excluding carboxylic acids is 1. The fourth-order valence-corrected chi connectivity index (χ4v) is 3.42. The molecule has 0 saturated carbocycles. The number of hydrogen-bond acceptors (Lipinski definition) is 6. The van der Waals surface area contributed by atoms with Crippen molar-refractivity contribution in [1.29, 1.82) is 0 Å². The first kappa shape index (κ1) is 14.5. The largest absolute Gasteiger partial charge is 0.454 e. The molecular formula is C16H17N3O3S. The van der Waals surface area contributed by atoms with Gasteiger partial charge in [-0.15, -0.1) is 11.3 Å². The summed E-state index contributed by atoms with van der Waals surface area (Å²) in [5.74, 6) is 1.41. The van der Waals surface area contributed by atoms with Gasteiger partial charge in [0.2, 0.25) is 6.79 Å². The summed E-state index contributed by atoms with van der Waals surface area (Å²) in [4.78, 5) is 21.2. The Hall–Kier alpha value is -2.12.